The Hall–Kier alpha value is -1.77. The van der Waals surface area contributed by atoms with Crippen LogP contribution >= 0.6 is 22.9 Å². The number of hydrogen-bond acceptors (Lipinski definition) is 5. The summed E-state index contributed by atoms with van der Waals surface area (Å²) in [5, 5.41) is 0.395. The van der Waals surface area contributed by atoms with Gasteiger partial charge < -0.3 is 9.64 Å². The van der Waals surface area contributed by atoms with Crippen molar-refractivity contribution in [2.45, 2.75) is 23.5 Å². The van der Waals surface area contributed by atoms with Gasteiger partial charge in [-0.3, -0.25) is 9.52 Å². The van der Waals surface area contributed by atoms with Crippen LogP contribution in [0.4, 0.5) is 5.69 Å². The molecule has 1 aliphatic rings. The van der Waals surface area contributed by atoms with Gasteiger partial charge in [-0.05, 0) is 43.2 Å². The number of carbonyl (C=O) groups is 1. The van der Waals surface area contributed by atoms with E-state index in [-0.39, 0.29) is 22.2 Å². The second-order valence-corrected chi connectivity index (χ2v) is 9.45. The third-order valence-electron chi connectivity index (χ3n) is 4.09. The molecule has 6 nitrogen and oxygen atoms in total. The first-order valence-corrected chi connectivity index (χ1v) is 10.8. The molecule has 1 aromatic heterocycles. The van der Waals surface area contributed by atoms with Crippen molar-refractivity contribution in [2.24, 2.45) is 0 Å². The standard InChI is InChI=1S/C17H19ClN2O4S2/c1-24-15-6-4-12(18)10-14(15)19-26(22,23)17-7-5-13(25-17)11-16(21)20-8-2-3-9-20/h4-7,10,19H,2-3,8-9,11H2,1H3. The van der Waals surface area contributed by atoms with Crippen LogP contribution in [0.3, 0.4) is 0 Å². The van der Waals surface area contributed by atoms with Crippen molar-refractivity contribution >= 4 is 44.6 Å². The largest absolute Gasteiger partial charge is 0.495 e. The molecule has 1 N–H and O–H groups in total. The summed E-state index contributed by atoms with van der Waals surface area (Å²) < 4.78 is 33.1. The van der Waals surface area contributed by atoms with E-state index in [1.165, 1.54) is 19.2 Å². The first-order chi connectivity index (χ1) is 12.4. The molecule has 0 atom stereocenters. The lowest BCUT2D eigenvalue weighted by molar-refractivity contribution is -0.129. The van der Waals surface area contributed by atoms with Gasteiger partial charge in [-0.2, -0.15) is 0 Å². The molecule has 0 spiro atoms. The summed E-state index contributed by atoms with van der Waals surface area (Å²) in [6.45, 7) is 1.57. The number of benzene rings is 1. The zero-order valence-electron chi connectivity index (χ0n) is 14.2. The van der Waals surface area contributed by atoms with Gasteiger partial charge in [0.2, 0.25) is 5.91 Å². The highest BCUT2D eigenvalue weighted by atomic mass is 35.5. The molecule has 1 saturated heterocycles. The number of nitrogens with one attached hydrogen (secondary N) is 1. The Morgan fingerprint density at radius 2 is 2.00 bits per heavy atom. The highest BCUT2D eigenvalue weighted by Crippen LogP contribution is 2.31. The molecule has 0 saturated carbocycles. The maximum absolute atomic E-state index is 12.6. The average molecular weight is 415 g/mol. The fourth-order valence-corrected chi connectivity index (χ4v) is 5.36. The second kappa shape index (κ2) is 7.85. The number of likely N-dealkylation sites (tertiary alicyclic amines) is 1. The summed E-state index contributed by atoms with van der Waals surface area (Å²) >= 11 is 7.03. The quantitative estimate of drug-likeness (QED) is 0.786. The van der Waals surface area contributed by atoms with Crippen molar-refractivity contribution in [3.8, 4) is 5.75 Å². The fraction of sp³-hybridized carbons (Fsp3) is 0.353. The lowest BCUT2D eigenvalue weighted by atomic mass is 10.3. The smallest absolute Gasteiger partial charge is 0.271 e. The van der Waals surface area contributed by atoms with Crippen LogP contribution in [-0.4, -0.2) is 39.4 Å². The van der Waals surface area contributed by atoms with Crippen LogP contribution in [0.5, 0.6) is 5.75 Å². The number of hydrogen-bond donors (Lipinski definition) is 1. The summed E-state index contributed by atoms with van der Waals surface area (Å²) in [7, 11) is -2.34. The number of halogens is 1. The summed E-state index contributed by atoms with van der Waals surface area (Å²) in [4.78, 5) is 14.8. The van der Waals surface area contributed by atoms with Crippen molar-refractivity contribution in [3.63, 3.8) is 0 Å². The number of sulfonamides is 1. The van der Waals surface area contributed by atoms with Crippen molar-refractivity contribution in [3.05, 3.63) is 40.2 Å². The van der Waals surface area contributed by atoms with Crippen LogP contribution in [0.2, 0.25) is 5.02 Å². The molecule has 0 bridgehead atoms. The molecule has 3 rings (SSSR count). The number of methoxy groups -OCH3 is 1. The van der Waals surface area contributed by atoms with Crippen LogP contribution in [0.15, 0.2) is 34.5 Å². The minimum absolute atomic E-state index is 0.0396. The zero-order chi connectivity index (χ0) is 18.7. The number of thiophene rings is 1. The third-order valence-corrected chi connectivity index (χ3v) is 7.27. The monoisotopic (exact) mass is 414 g/mol. The van der Waals surface area contributed by atoms with Crippen LogP contribution in [-0.2, 0) is 21.2 Å². The van der Waals surface area contributed by atoms with Crippen LogP contribution < -0.4 is 9.46 Å². The minimum Gasteiger partial charge on any atom is -0.495 e. The topological polar surface area (TPSA) is 75.7 Å². The number of rotatable bonds is 6. The first kappa shape index (κ1) is 19.0. The van der Waals surface area contributed by atoms with Gasteiger partial charge in [-0.15, -0.1) is 11.3 Å². The average Bonchev–Trinajstić information content (AvgIpc) is 3.26. The maximum atomic E-state index is 12.6. The van der Waals surface area contributed by atoms with E-state index in [1.54, 1.807) is 18.2 Å². The SMILES string of the molecule is COc1ccc(Cl)cc1NS(=O)(=O)c1ccc(CC(=O)N2CCCC2)s1. The number of nitrogens with zero attached hydrogens (tertiary/aromatic N) is 1. The van der Waals surface area contributed by atoms with Crippen molar-refractivity contribution in [1.29, 1.82) is 0 Å². The number of anilines is 1. The van der Waals surface area contributed by atoms with Crippen LogP contribution in [0.25, 0.3) is 0 Å². The van der Waals surface area contributed by atoms with E-state index in [0.717, 1.165) is 42.1 Å². The molecule has 0 radical (unpaired) electrons. The van der Waals surface area contributed by atoms with E-state index in [4.69, 9.17) is 16.3 Å². The maximum Gasteiger partial charge on any atom is 0.271 e. The van der Waals surface area contributed by atoms with Gasteiger partial charge in [0, 0.05) is 23.0 Å². The molecule has 2 heterocycles. The lowest BCUT2D eigenvalue weighted by Gasteiger charge is -2.14. The van der Waals surface area contributed by atoms with E-state index in [1.807, 2.05) is 4.90 Å². The molecule has 26 heavy (non-hydrogen) atoms. The van der Waals surface area contributed by atoms with Gasteiger partial charge in [0.05, 0.1) is 19.2 Å². The normalized spacial score (nSPS) is 14.5. The Bertz CT molecular complexity index is 905. The molecule has 0 unspecified atom stereocenters. The zero-order valence-corrected chi connectivity index (χ0v) is 16.6. The lowest BCUT2D eigenvalue weighted by Crippen LogP contribution is -2.28. The highest BCUT2D eigenvalue weighted by molar-refractivity contribution is 7.94. The molecule has 1 aliphatic heterocycles. The minimum atomic E-state index is -3.79. The first-order valence-electron chi connectivity index (χ1n) is 8.12. The fourth-order valence-electron chi connectivity index (χ4n) is 2.78. The van der Waals surface area contributed by atoms with Crippen molar-refractivity contribution in [2.75, 3.05) is 24.9 Å². The Kier molecular flexibility index (Phi) is 5.74. The predicted octanol–water partition coefficient (Wildman–Crippen LogP) is 3.38. The number of ether oxygens (including phenoxy) is 1. The molecule has 9 heteroatoms. The van der Waals surface area contributed by atoms with Crippen LogP contribution in [0, 0.1) is 0 Å². The van der Waals surface area contributed by atoms with Gasteiger partial charge in [-0.25, -0.2) is 8.42 Å². The molecule has 140 valence electrons. The molecule has 0 aliphatic carbocycles. The molecule has 1 amide bonds. The van der Waals surface area contributed by atoms with Gasteiger partial charge >= 0.3 is 0 Å². The highest BCUT2D eigenvalue weighted by Gasteiger charge is 2.22. The molecular weight excluding hydrogens is 396 g/mol. The second-order valence-electron chi connectivity index (χ2n) is 5.94. The Morgan fingerprint density at radius 3 is 2.69 bits per heavy atom. The summed E-state index contributed by atoms with van der Waals surface area (Å²) in [6.07, 6.45) is 2.28. The Balaban J connectivity index is 1.75. The number of carbonyl (C=O) groups excluding carboxylic acids is 1. The van der Waals surface area contributed by atoms with E-state index >= 15 is 0 Å². The third kappa shape index (κ3) is 4.31. The van der Waals surface area contributed by atoms with Gasteiger partial charge in [0.1, 0.15) is 9.96 Å². The van der Waals surface area contributed by atoms with Gasteiger partial charge in [0.25, 0.3) is 10.0 Å². The van der Waals surface area contributed by atoms with E-state index in [9.17, 15) is 13.2 Å². The van der Waals surface area contributed by atoms with Crippen molar-refractivity contribution in [1.82, 2.24) is 4.90 Å². The molecule has 1 aromatic carbocycles. The molecular formula is C17H19ClN2O4S2. The van der Waals surface area contributed by atoms with E-state index in [2.05, 4.69) is 4.72 Å². The summed E-state index contributed by atoms with van der Waals surface area (Å²) in [5.74, 6) is 0.414. The van der Waals surface area contributed by atoms with Gasteiger partial charge in [0.15, 0.2) is 0 Å². The van der Waals surface area contributed by atoms with Gasteiger partial charge in [-0.1, -0.05) is 11.6 Å². The molecule has 1 fully saturated rings. The Morgan fingerprint density at radius 1 is 1.27 bits per heavy atom. The predicted molar refractivity (Wildman–Crippen MR) is 103 cm³/mol. The van der Waals surface area contributed by atoms with E-state index in [0.29, 0.717) is 10.8 Å². The van der Waals surface area contributed by atoms with Crippen LogP contribution in [0.1, 0.15) is 17.7 Å². The van der Waals surface area contributed by atoms with E-state index < -0.39 is 10.0 Å². The summed E-state index contributed by atoms with van der Waals surface area (Å²) in [6, 6.07) is 7.89. The number of amides is 1. The molecule has 2 aromatic rings. The van der Waals surface area contributed by atoms with Crippen molar-refractivity contribution < 1.29 is 17.9 Å². The Labute approximate surface area is 161 Å². The summed E-state index contributed by atoms with van der Waals surface area (Å²) in [5.41, 5.74) is 0.267.